The van der Waals surface area contributed by atoms with Crippen LogP contribution in [0.2, 0.25) is 0 Å². The molecular formula is C5H9CuO2. The van der Waals surface area contributed by atoms with Gasteiger partial charge in [-0.3, -0.25) is 4.79 Å². The van der Waals surface area contributed by atoms with Gasteiger partial charge in [0.2, 0.25) is 0 Å². The number of rotatable bonds is 2. The number of hydrogen-bond donors (Lipinski definition) is 0. The summed E-state index contributed by atoms with van der Waals surface area (Å²) in [4.78, 5) is 9.95. The van der Waals surface area contributed by atoms with Crippen molar-refractivity contribution >= 4 is 5.97 Å². The van der Waals surface area contributed by atoms with Gasteiger partial charge in [-0.25, -0.2) is 0 Å². The molecule has 0 aliphatic carbocycles. The molecular weight excluding hydrogens is 156 g/mol. The summed E-state index contributed by atoms with van der Waals surface area (Å²) in [6, 6.07) is 0. The van der Waals surface area contributed by atoms with Crippen molar-refractivity contribution in [2.45, 2.75) is 13.3 Å². The van der Waals surface area contributed by atoms with Crippen LogP contribution in [0.3, 0.4) is 0 Å². The molecule has 0 heterocycles. The molecule has 3 heteroatoms. The molecule has 2 nitrogen and oxygen atoms in total. The fourth-order valence-corrected chi connectivity index (χ4v) is 0.216. The van der Waals surface area contributed by atoms with Gasteiger partial charge in [-0.2, -0.15) is 0 Å². The van der Waals surface area contributed by atoms with Crippen molar-refractivity contribution in [3.63, 3.8) is 0 Å². The van der Waals surface area contributed by atoms with Crippen molar-refractivity contribution in [1.82, 2.24) is 0 Å². The van der Waals surface area contributed by atoms with Crippen molar-refractivity contribution in [1.29, 1.82) is 0 Å². The first kappa shape index (κ1) is 10.9. The molecule has 0 spiro atoms. The molecule has 0 radical (unpaired) electrons. The molecule has 8 heavy (non-hydrogen) atoms. The maximum atomic E-state index is 9.95. The van der Waals surface area contributed by atoms with Crippen LogP contribution in [-0.4, -0.2) is 12.6 Å². The Labute approximate surface area is 60.1 Å². The maximum Gasteiger partial charge on any atom is 1.00 e. The SMILES string of the molecule is [CH2-]CCOC(C)=O.[Cu+]. The van der Waals surface area contributed by atoms with Gasteiger partial charge in [-0.15, -0.1) is 6.42 Å². The second-order valence-electron chi connectivity index (χ2n) is 1.19. The Bertz CT molecular complexity index is 63.4. The zero-order valence-electron chi connectivity index (χ0n) is 4.74. The smallest absolute Gasteiger partial charge is 0.469 e. The van der Waals surface area contributed by atoms with Gasteiger partial charge >= 0.3 is 23.0 Å². The van der Waals surface area contributed by atoms with Gasteiger partial charge in [0.05, 0.1) is 6.61 Å². The Morgan fingerprint density at radius 1 is 1.75 bits per heavy atom. The predicted octanol–water partition coefficient (Wildman–Crippen LogP) is 0.771. The topological polar surface area (TPSA) is 26.3 Å². The van der Waals surface area contributed by atoms with Crippen LogP contribution in [0, 0.1) is 6.92 Å². The summed E-state index contributed by atoms with van der Waals surface area (Å²) in [7, 11) is 0. The normalized spacial score (nSPS) is 7.25. The van der Waals surface area contributed by atoms with E-state index in [4.69, 9.17) is 0 Å². The van der Waals surface area contributed by atoms with Gasteiger partial charge in [0.1, 0.15) is 0 Å². The molecule has 0 atom stereocenters. The third kappa shape index (κ3) is 9.37. The Balaban J connectivity index is 0. The monoisotopic (exact) mass is 164 g/mol. The average molecular weight is 165 g/mol. The van der Waals surface area contributed by atoms with E-state index >= 15 is 0 Å². The number of ether oxygens (including phenoxy) is 1. The first-order valence-electron chi connectivity index (χ1n) is 2.20. The van der Waals surface area contributed by atoms with Gasteiger partial charge in [0.15, 0.2) is 0 Å². The molecule has 0 bridgehead atoms. The van der Waals surface area contributed by atoms with Crippen LogP contribution >= 0.6 is 0 Å². The molecule has 0 rings (SSSR count). The summed E-state index contributed by atoms with van der Waals surface area (Å²) in [5, 5.41) is 0. The van der Waals surface area contributed by atoms with Gasteiger partial charge < -0.3 is 11.7 Å². The van der Waals surface area contributed by atoms with Crippen molar-refractivity contribution in [2.24, 2.45) is 0 Å². The minimum Gasteiger partial charge on any atom is -0.469 e. The maximum absolute atomic E-state index is 9.95. The number of carbonyl (C=O) groups is 1. The largest absolute Gasteiger partial charge is 1.00 e. The van der Waals surface area contributed by atoms with Crippen LogP contribution < -0.4 is 0 Å². The first-order valence-corrected chi connectivity index (χ1v) is 2.20. The summed E-state index contributed by atoms with van der Waals surface area (Å²) < 4.78 is 4.49. The molecule has 52 valence electrons. The van der Waals surface area contributed by atoms with E-state index in [9.17, 15) is 4.79 Å². The minimum absolute atomic E-state index is 0. The van der Waals surface area contributed by atoms with E-state index in [1.807, 2.05) is 0 Å². The molecule has 0 aromatic carbocycles. The summed E-state index contributed by atoms with van der Waals surface area (Å²) in [6.45, 7) is 5.30. The first-order chi connectivity index (χ1) is 3.27. The molecule has 0 aliphatic rings. The molecule has 0 aromatic heterocycles. The van der Waals surface area contributed by atoms with Crippen molar-refractivity contribution in [2.75, 3.05) is 6.61 Å². The Morgan fingerprint density at radius 3 is 2.38 bits per heavy atom. The molecule has 0 amide bonds. The van der Waals surface area contributed by atoms with Crippen molar-refractivity contribution < 1.29 is 26.6 Å². The molecule has 0 saturated heterocycles. The van der Waals surface area contributed by atoms with Crippen molar-refractivity contribution in [3.8, 4) is 0 Å². The average Bonchev–Trinajstić information content (AvgIpc) is 1.61. The van der Waals surface area contributed by atoms with Crippen LogP contribution in [0.5, 0.6) is 0 Å². The number of carbonyl (C=O) groups excluding carboxylic acids is 1. The van der Waals surface area contributed by atoms with E-state index < -0.39 is 0 Å². The zero-order valence-corrected chi connectivity index (χ0v) is 5.68. The van der Waals surface area contributed by atoms with Gasteiger partial charge in [-0.05, 0) is 0 Å². The van der Waals surface area contributed by atoms with Crippen LogP contribution in [0.1, 0.15) is 13.3 Å². The Morgan fingerprint density at radius 2 is 2.25 bits per heavy atom. The third-order valence-electron chi connectivity index (χ3n) is 0.450. The van der Waals surface area contributed by atoms with Crippen LogP contribution in [-0.2, 0) is 26.6 Å². The van der Waals surface area contributed by atoms with Crippen LogP contribution in [0.25, 0.3) is 0 Å². The van der Waals surface area contributed by atoms with Crippen molar-refractivity contribution in [3.05, 3.63) is 6.92 Å². The van der Waals surface area contributed by atoms with E-state index in [0.29, 0.717) is 13.0 Å². The molecule has 0 unspecified atom stereocenters. The predicted molar refractivity (Wildman–Crippen MR) is 26.6 cm³/mol. The van der Waals surface area contributed by atoms with Gasteiger partial charge in [-0.1, -0.05) is 0 Å². The van der Waals surface area contributed by atoms with Gasteiger partial charge in [0, 0.05) is 6.92 Å². The standard InChI is InChI=1S/C5H9O2.Cu/c1-3-4-7-5(2)6;/h1,3-4H2,2H3;/q-1;+1. The summed E-state index contributed by atoms with van der Waals surface area (Å²) in [5.41, 5.74) is 0. The molecule has 0 aliphatic heterocycles. The van der Waals surface area contributed by atoms with E-state index in [0.717, 1.165) is 0 Å². The second kappa shape index (κ2) is 6.99. The van der Waals surface area contributed by atoms with Crippen LogP contribution in [0.15, 0.2) is 0 Å². The summed E-state index contributed by atoms with van der Waals surface area (Å²) in [6.07, 6.45) is 0.652. The zero-order chi connectivity index (χ0) is 5.70. The number of esters is 1. The van der Waals surface area contributed by atoms with Crippen LogP contribution in [0.4, 0.5) is 0 Å². The minimum atomic E-state index is -0.233. The fourth-order valence-electron chi connectivity index (χ4n) is 0.216. The van der Waals surface area contributed by atoms with E-state index in [1.165, 1.54) is 6.92 Å². The quantitative estimate of drug-likeness (QED) is 0.343. The second-order valence-corrected chi connectivity index (χ2v) is 1.19. The number of hydrogen-bond acceptors (Lipinski definition) is 2. The molecule has 0 saturated carbocycles. The summed E-state index contributed by atoms with van der Waals surface area (Å²) in [5.74, 6) is -0.233. The summed E-state index contributed by atoms with van der Waals surface area (Å²) >= 11 is 0. The van der Waals surface area contributed by atoms with E-state index in [1.54, 1.807) is 0 Å². The molecule has 0 fully saturated rings. The van der Waals surface area contributed by atoms with E-state index in [2.05, 4.69) is 11.7 Å². The molecule has 0 aromatic rings. The van der Waals surface area contributed by atoms with E-state index in [-0.39, 0.29) is 23.0 Å². The Kier molecular flexibility index (Phi) is 9.51. The van der Waals surface area contributed by atoms with Gasteiger partial charge in [0.25, 0.3) is 0 Å². The third-order valence-corrected chi connectivity index (χ3v) is 0.450. The Hall–Kier alpha value is -0.0105. The molecule has 0 N–H and O–H groups in total. The fraction of sp³-hybridized carbons (Fsp3) is 0.600.